The van der Waals surface area contributed by atoms with Gasteiger partial charge < -0.3 is 0 Å². The van der Waals surface area contributed by atoms with Crippen molar-refractivity contribution in [3.8, 4) is 0 Å². The highest BCUT2D eigenvalue weighted by Crippen LogP contribution is 2.61. The molecular formula is C13H15F13. The molecule has 0 aliphatic rings. The topological polar surface area (TPSA) is 0 Å². The molecule has 26 heavy (non-hydrogen) atoms. The van der Waals surface area contributed by atoms with E-state index in [1.165, 1.54) is 0 Å². The summed E-state index contributed by atoms with van der Waals surface area (Å²) in [6.07, 6.45) is -7.87. The Bertz CT molecular complexity index is 463. The molecule has 0 N–H and O–H groups in total. The van der Waals surface area contributed by atoms with Crippen molar-refractivity contribution in [1.82, 2.24) is 0 Å². The maximum absolute atomic E-state index is 13.6. The molecule has 0 amide bonds. The molecule has 0 aromatic heterocycles. The van der Waals surface area contributed by atoms with Gasteiger partial charge in [0.1, 0.15) is 0 Å². The Morgan fingerprint density at radius 3 is 1.31 bits per heavy atom. The predicted octanol–water partition coefficient (Wildman–Crippen LogP) is 6.94. The lowest BCUT2D eigenvalue weighted by Gasteiger charge is -2.41. The molecule has 0 aromatic carbocycles. The van der Waals surface area contributed by atoms with Gasteiger partial charge in [0.2, 0.25) is 0 Å². The molecule has 0 aliphatic carbocycles. The van der Waals surface area contributed by atoms with Crippen molar-refractivity contribution in [3.05, 3.63) is 0 Å². The second kappa shape index (κ2) is 7.25. The van der Waals surface area contributed by atoms with E-state index in [9.17, 15) is 57.1 Å². The molecule has 0 aliphatic heterocycles. The maximum atomic E-state index is 13.6. The SMILES string of the molecule is CCCCCC(C)C(F)(F)C(F)(F)C(F)(F)C(F)(F)C(F)(F)C(F)(F)F. The lowest BCUT2D eigenvalue weighted by atomic mass is 9.86. The zero-order valence-electron chi connectivity index (χ0n) is 13.3. The molecule has 0 heterocycles. The second-order valence-corrected chi connectivity index (χ2v) is 5.82. The van der Waals surface area contributed by atoms with Crippen molar-refractivity contribution in [2.24, 2.45) is 5.92 Å². The summed E-state index contributed by atoms with van der Waals surface area (Å²) in [5, 5.41) is 0. The highest BCUT2D eigenvalue weighted by molar-refractivity contribution is 5.10. The van der Waals surface area contributed by atoms with Gasteiger partial charge in [0, 0.05) is 5.92 Å². The summed E-state index contributed by atoms with van der Waals surface area (Å²) in [6.45, 7) is 1.84. The average Bonchev–Trinajstić information content (AvgIpc) is 2.45. The molecule has 1 atom stereocenters. The molecule has 0 rings (SSSR count). The molecule has 13 heteroatoms. The van der Waals surface area contributed by atoms with E-state index in [0.717, 1.165) is 0 Å². The summed E-state index contributed by atoms with van der Waals surface area (Å²) in [6, 6.07) is 0. The third kappa shape index (κ3) is 3.71. The van der Waals surface area contributed by atoms with Crippen LogP contribution in [0.5, 0.6) is 0 Å². The van der Waals surface area contributed by atoms with Crippen molar-refractivity contribution in [3.63, 3.8) is 0 Å². The molecule has 0 radical (unpaired) electrons. The molecule has 0 nitrogen and oxygen atoms in total. The Hall–Kier alpha value is -0.910. The smallest absolute Gasteiger partial charge is 0.199 e. The normalized spacial score (nSPS) is 16.7. The first-order valence-corrected chi connectivity index (χ1v) is 7.19. The van der Waals surface area contributed by atoms with Gasteiger partial charge in [-0.1, -0.05) is 33.1 Å². The third-order valence-corrected chi connectivity index (χ3v) is 3.82. The first kappa shape index (κ1) is 25.1. The molecule has 1 unspecified atom stereocenters. The van der Waals surface area contributed by atoms with E-state index in [1.807, 2.05) is 0 Å². The Morgan fingerprint density at radius 2 is 0.962 bits per heavy atom. The fourth-order valence-electron chi connectivity index (χ4n) is 1.97. The molecule has 0 fully saturated rings. The minimum absolute atomic E-state index is 0.185. The Balaban J connectivity index is 6.00. The van der Waals surface area contributed by atoms with E-state index in [4.69, 9.17) is 0 Å². The number of halogens is 13. The average molecular weight is 418 g/mol. The van der Waals surface area contributed by atoms with Crippen LogP contribution < -0.4 is 0 Å². The fourth-order valence-corrected chi connectivity index (χ4v) is 1.97. The third-order valence-electron chi connectivity index (χ3n) is 3.82. The van der Waals surface area contributed by atoms with Crippen LogP contribution in [-0.2, 0) is 0 Å². The number of alkyl halides is 13. The maximum Gasteiger partial charge on any atom is 0.460 e. The first-order valence-electron chi connectivity index (χ1n) is 7.19. The van der Waals surface area contributed by atoms with Crippen molar-refractivity contribution < 1.29 is 57.1 Å². The Kier molecular flexibility index (Phi) is 7.00. The van der Waals surface area contributed by atoms with Crippen molar-refractivity contribution >= 4 is 0 Å². The summed E-state index contributed by atoms with van der Waals surface area (Å²) in [4.78, 5) is 0. The van der Waals surface area contributed by atoms with Gasteiger partial charge in [0.15, 0.2) is 0 Å². The number of hydrogen-bond acceptors (Lipinski definition) is 0. The highest BCUT2D eigenvalue weighted by Gasteiger charge is 2.90. The van der Waals surface area contributed by atoms with Crippen LogP contribution in [0.4, 0.5) is 57.1 Å². The van der Waals surface area contributed by atoms with Crippen LogP contribution in [0.25, 0.3) is 0 Å². The lowest BCUT2D eigenvalue weighted by molar-refractivity contribution is -0.443. The van der Waals surface area contributed by atoms with E-state index in [0.29, 0.717) is 6.42 Å². The molecular weight excluding hydrogens is 403 g/mol. The van der Waals surface area contributed by atoms with Gasteiger partial charge in [-0.05, 0) is 6.42 Å². The van der Waals surface area contributed by atoms with Crippen molar-refractivity contribution in [2.45, 2.75) is 75.3 Å². The van der Waals surface area contributed by atoms with E-state index < -0.39 is 48.1 Å². The Labute approximate surface area is 139 Å². The summed E-state index contributed by atoms with van der Waals surface area (Å²) < 4.78 is 168. The summed E-state index contributed by atoms with van der Waals surface area (Å²) in [7, 11) is 0. The van der Waals surface area contributed by atoms with Crippen molar-refractivity contribution in [1.29, 1.82) is 0 Å². The number of rotatable bonds is 9. The quantitative estimate of drug-likeness (QED) is 0.281. The van der Waals surface area contributed by atoms with Crippen LogP contribution in [0, 0.1) is 5.92 Å². The van der Waals surface area contributed by atoms with E-state index in [-0.39, 0.29) is 19.8 Å². The largest absolute Gasteiger partial charge is 0.460 e. The van der Waals surface area contributed by atoms with Crippen LogP contribution in [0.1, 0.15) is 39.5 Å². The molecule has 0 aromatic rings. The van der Waals surface area contributed by atoms with Crippen LogP contribution in [-0.4, -0.2) is 35.8 Å². The van der Waals surface area contributed by atoms with Gasteiger partial charge in [-0.2, -0.15) is 57.1 Å². The molecule has 158 valence electrons. The first-order chi connectivity index (χ1) is 11.2. The van der Waals surface area contributed by atoms with Gasteiger partial charge in [-0.15, -0.1) is 0 Å². The zero-order chi connectivity index (χ0) is 21.4. The molecule has 0 bridgehead atoms. The van der Waals surface area contributed by atoms with Crippen LogP contribution >= 0.6 is 0 Å². The van der Waals surface area contributed by atoms with Crippen molar-refractivity contribution in [2.75, 3.05) is 0 Å². The van der Waals surface area contributed by atoms with E-state index in [1.54, 1.807) is 6.92 Å². The molecule has 0 saturated carbocycles. The van der Waals surface area contributed by atoms with Crippen LogP contribution in [0.2, 0.25) is 0 Å². The minimum atomic E-state index is -7.83. The minimum Gasteiger partial charge on any atom is -0.199 e. The standard InChI is InChI=1S/C13H15F13/c1-3-4-5-6-7(2)8(14,15)9(16,17)10(18,19)11(20,21)12(22,23)13(24,25)26/h7H,3-6H2,1-2H3. The van der Waals surface area contributed by atoms with E-state index in [2.05, 4.69) is 0 Å². The predicted molar refractivity (Wildman–Crippen MR) is 64.1 cm³/mol. The molecule has 0 spiro atoms. The number of unbranched alkanes of at least 4 members (excludes halogenated alkanes) is 2. The van der Waals surface area contributed by atoms with Gasteiger partial charge in [0.05, 0.1) is 0 Å². The number of hydrogen-bond donors (Lipinski definition) is 0. The molecule has 0 saturated heterocycles. The van der Waals surface area contributed by atoms with Crippen LogP contribution in [0.15, 0.2) is 0 Å². The van der Waals surface area contributed by atoms with Gasteiger partial charge >= 0.3 is 35.8 Å². The summed E-state index contributed by atoms with van der Waals surface area (Å²) in [5.74, 6) is -39.0. The van der Waals surface area contributed by atoms with E-state index >= 15 is 0 Å². The summed E-state index contributed by atoms with van der Waals surface area (Å²) >= 11 is 0. The second-order valence-electron chi connectivity index (χ2n) is 5.82. The van der Waals surface area contributed by atoms with Gasteiger partial charge in [0.25, 0.3) is 0 Å². The highest BCUT2D eigenvalue weighted by atomic mass is 19.4. The van der Waals surface area contributed by atoms with Gasteiger partial charge in [-0.25, -0.2) is 0 Å². The Morgan fingerprint density at radius 1 is 0.577 bits per heavy atom. The monoisotopic (exact) mass is 418 g/mol. The zero-order valence-corrected chi connectivity index (χ0v) is 13.3. The lowest BCUT2D eigenvalue weighted by Crippen LogP contribution is -2.70. The van der Waals surface area contributed by atoms with Gasteiger partial charge in [-0.3, -0.25) is 0 Å². The van der Waals surface area contributed by atoms with Crippen LogP contribution in [0.3, 0.4) is 0 Å². The fraction of sp³-hybridized carbons (Fsp3) is 1.00. The summed E-state index contributed by atoms with van der Waals surface area (Å²) in [5.41, 5.74) is 0.